The predicted molar refractivity (Wildman–Crippen MR) is 40.6 cm³/mol. The van der Waals surface area contributed by atoms with E-state index >= 15 is 0 Å². The van der Waals surface area contributed by atoms with E-state index in [9.17, 15) is 4.46 Å². The fraction of sp³-hybridized carbons (Fsp3) is 1.00. The number of aliphatic hydroxyl groups excluding tert-OH is 2. The van der Waals surface area contributed by atoms with E-state index in [-0.39, 0.29) is 13.2 Å². The average molecular weight is 198 g/mol. The zero-order valence-corrected chi connectivity index (χ0v) is 7.89. The quantitative estimate of drug-likeness (QED) is 0.307. The van der Waals surface area contributed by atoms with Crippen LogP contribution in [0, 0.1) is 0 Å². The number of rotatable bonds is 5. The lowest BCUT2D eigenvalue weighted by Gasteiger charge is -1.94. The summed E-state index contributed by atoms with van der Waals surface area (Å²) in [6, 6.07) is 0. The first-order valence-corrected chi connectivity index (χ1v) is 4.65. The molecule has 0 aliphatic rings. The van der Waals surface area contributed by atoms with E-state index in [4.69, 9.17) is 15.5 Å². The van der Waals surface area contributed by atoms with Gasteiger partial charge in [-0.3, -0.25) is 4.46 Å². The van der Waals surface area contributed by atoms with Gasteiger partial charge in [0.2, 0.25) is 0 Å². The van der Waals surface area contributed by atoms with E-state index in [1.54, 1.807) is 0 Å². The predicted octanol–water partition coefficient (Wildman–Crippen LogP) is -0.711. The van der Waals surface area contributed by atoms with E-state index in [1.807, 2.05) is 6.92 Å². The highest BCUT2D eigenvalue weighted by Gasteiger charge is 2.07. The minimum Gasteiger partial charge on any atom is -0.495 e. The normalized spacial score (nSPS) is 8.00. The molecule has 0 aliphatic heterocycles. The molecule has 0 spiro atoms. The van der Waals surface area contributed by atoms with Crippen molar-refractivity contribution in [2.75, 3.05) is 19.8 Å². The maximum atomic E-state index is 10.1. The van der Waals surface area contributed by atoms with Crippen molar-refractivity contribution in [3.63, 3.8) is 0 Å². The molecule has 7 heteroatoms. The Morgan fingerprint density at radius 2 is 1.83 bits per heavy atom. The van der Waals surface area contributed by atoms with Crippen molar-refractivity contribution in [1.29, 1.82) is 0 Å². The van der Waals surface area contributed by atoms with Crippen molar-refractivity contribution < 1.29 is 28.9 Å². The Labute approximate surface area is 72.2 Å². The molecule has 0 aromatic carbocycles. The minimum absolute atomic E-state index is 0.125. The molecule has 0 fully saturated rings. The third-order valence-corrected chi connectivity index (χ3v) is 1.19. The van der Waals surface area contributed by atoms with E-state index in [2.05, 4.69) is 9.00 Å². The molecule has 0 saturated heterocycles. The third kappa shape index (κ3) is 16.2. The van der Waals surface area contributed by atoms with Gasteiger partial charge in [-0.05, 0) is 6.42 Å². The maximum absolute atomic E-state index is 10.1. The summed E-state index contributed by atoms with van der Waals surface area (Å²) in [4.78, 5) is 0. The Balaban J connectivity index is 0. The van der Waals surface area contributed by atoms with Crippen LogP contribution in [0.25, 0.3) is 0 Å². The second-order valence-electron chi connectivity index (χ2n) is 1.64. The molecule has 12 heavy (non-hydrogen) atoms. The van der Waals surface area contributed by atoms with Crippen LogP contribution in [0.5, 0.6) is 0 Å². The van der Waals surface area contributed by atoms with Crippen LogP contribution in [-0.4, -0.2) is 44.5 Å². The second kappa shape index (κ2) is 13.1. The molecular formula is C5H14O6Si. The molecule has 0 atom stereocenters. The zero-order valence-electron chi connectivity index (χ0n) is 6.89. The van der Waals surface area contributed by atoms with Gasteiger partial charge < -0.3 is 19.2 Å². The minimum atomic E-state index is -2.59. The highest BCUT2D eigenvalue weighted by atomic mass is 28.3. The van der Waals surface area contributed by atoms with Gasteiger partial charge in [0.25, 0.3) is 0 Å². The van der Waals surface area contributed by atoms with Crippen LogP contribution in [0.4, 0.5) is 0 Å². The molecular weight excluding hydrogens is 184 g/mol. The highest BCUT2D eigenvalue weighted by molar-refractivity contribution is 6.25. The standard InChI is InChI=1S/C3H8O4Si.C2H6O2/c1-2-3-6-8(5)7-4;3-1-2-4/h4H,2-3H2,1H3;3-4H,1-2H2. The van der Waals surface area contributed by atoms with E-state index in [0.717, 1.165) is 6.42 Å². The van der Waals surface area contributed by atoms with Crippen molar-refractivity contribution in [2.45, 2.75) is 13.3 Å². The lowest BCUT2D eigenvalue weighted by atomic mass is 10.5. The van der Waals surface area contributed by atoms with E-state index < -0.39 is 9.17 Å². The molecule has 0 rings (SSSR count). The first kappa shape index (κ1) is 14.0. The number of aliphatic hydroxyl groups is 2. The average Bonchev–Trinajstić information content (AvgIpc) is 2.14. The molecule has 0 heterocycles. The molecule has 0 radical (unpaired) electrons. The molecule has 0 unspecified atom stereocenters. The van der Waals surface area contributed by atoms with Crippen LogP contribution in [0.2, 0.25) is 0 Å². The summed E-state index contributed by atoms with van der Waals surface area (Å²) in [6.07, 6.45) is 0.764. The zero-order chi connectivity index (χ0) is 9.82. The van der Waals surface area contributed by atoms with Crippen LogP contribution >= 0.6 is 0 Å². The topological polar surface area (TPSA) is 96.2 Å². The number of hydrogen-bond donors (Lipinski definition) is 3. The Bertz CT molecular complexity index is 95.9. The van der Waals surface area contributed by atoms with Crippen molar-refractivity contribution in [1.82, 2.24) is 0 Å². The Kier molecular flexibility index (Phi) is 15.3. The highest BCUT2D eigenvalue weighted by Crippen LogP contribution is 1.78. The van der Waals surface area contributed by atoms with Gasteiger partial charge in [0.15, 0.2) is 0 Å². The van der Waals surface area contributed by atoms with Crippen LogP contribution in [-0.2, 0) is 13.5 Å². The molecule has 74 valence electrons. The summed E-state index contributed by atoms with van der Waals surface area (Å²) < 4.78 is 17.9. The van der Waals surface area contributed by atoms with E-state index in [1.165, 1.54) is 0 Å². The van der Waals surface area contributed by atoms with Gasteiger partial charge in [0.05, 0.1) is 19.8 Å². The summed E-state index contributed by atoms with van der Waals surface area (Å²) in [5, 5.41) is 22.9. The summed E-state index contributed by atoms with van der Waals surface area (Å²) in [7, 11) is -2.59. The van der Waals surface area contributed by atoms with Crippen molar-refractivity contribution >= 4 is 9.17 Å². The number of hydrogen-bond acceptors (Lipinski definition) is 6. The van der Waals surface area contributed by atoms with Crippen LogP contribution < -0.4 is 0 Å². The maximum Gasteiger partial charge on any atom is 0.800 e. The second-order valence-corrected chi connectivity index (χ2v) is 2.61. The molecule has 0 aromatic heterocycles. The fourth-order valence-corrected chi connectivity index (χ4v) is 0.635. The van der Waals surface area contributed by atoms with Crippen molar-refractivity contribution in [2.24, 2.45) is 0 Å². The van der Waals surface area contributed by atoms with Crippen LogP contribution in [0.15, 0.2) is 0 Å². The lowest BCUT2D eigenvalue weighted by molar-refractivity contribution is -0.166. The third-order valence-electron chi connectivity index (χ3n) is 0.599. The summed E-state index contributed by atoms with van der Waals surface area (Å²) in [5.41, 5.74) is 0. The molecule has 0 saturated carbocycles. The SMILES string of the molecule is CCCO[Si](=O)OO.OCCO. The largest absolute Gasteiger partial charge is 0.800 e. The monoisotopic (exact) mass is 198 g/mol. The molecule has 0 aromatic rings. The summed E-state index contributed by atoms with van der Waals surface area (Å²) in [6.45, 7) is 1.98. The Morgan fingerprint density at radius 1 is 1.33 bits per heavy atom. The molecule has 6 nitrogen and oxygen atoms in total. The van der Waals surface area contributed by atoms with Gasteiger partial charge in [-0.1, -0.05) is 6.92 Å². The van der Waals surface area contributed by atoms with Crippen LogP contribution in [0.1, 0.15) is 13.3 Å². The van der Waals surface area contributed by atoms with Gasteiger partial charge in [-0.2, -0.15) is 0 Å². The smallest absolute Gasteiger partial charge is 0.495 e. The first-order valence-electron chi connectivity index (χ1n) is 3.42. The summed E-state index contributed by atoms with van der Waals surface area (Å²) in [5.74, 6) is 0. The van der Waals surface area contributed by atoms with Gasteiger partial charge in [0, 0.05) is 0 Å². The molecule has 3 N–H and O–H groups in total. The van der Waals surface area contributed by atoms with Crippen molar-refractivity contribution in [3.05, 3.63) is 0 Å². The lowest BCUT2D eigenvalue weighted by Crippen LogP contribution is -2.09. The van der Waals surface area contributed by atoms with Gasteiger partial charge >= 0.3 is 9.17 Å². The van der Waals surface area contributed by atoms with Gasteiger partial charge in [0.1, 0.15) is 0 Å². The first-order chi connectivity index (χ1) is 5.72. The Morgan fingerprint density at radius 3 is 2.08 bits per heavy atom. The molecule has 0 aliphatic carbocycles. The fourth-order valence-electron chi connectivity index (χ4n) is 0.212. The molecule has 0 bridgehead atoms. The van der Waals surface area contributed by atoms with Crippen LogP contribution in [0.3, 0.4) is 0 Å². The summed E-state index contributed by atoms with van der Waals surface area (Å²) >= 11 is 0. The van der Waals surface area contributed by atoms with Gasteiger partial charge in [-0.25, -0.2) is 5.26 Å². The molecule has 0 amide bonds. The van der Waals surface area contributed by atoms with Gasteiger partial charge in [-0.15, -0.1) is 0 Å². The Hall–Kier alpha value is -0.503. The van der Waals surface area contributed by atoms with E-state index in [0.29, 0.717) is 6.61 Å². The van der Waals surface area contributed by atoms with Crippen molar-refractivity contribution in [3.8, 4) is 0 Å².